The Morgan fingerprint density at radius 3 is 3.10 bits per heavy atom. The molecule has 1 aliphatic rings. The average Bonchev–Trinajstić information content (AvgIpc) is 3.02. The average molecular weight is 313 g/mol. The van der Waals surface area contributed by atoms with Crippen LogP contribution in [-0.4, -0.2) is 43.4 Å². The van der Waals surface area contributed by atoms with E-state index in [1.54, 1.807) is 4.57 Å². The van der Waals surface area contributed by atoms with Gasteiger partial charge in [-0.2, -0.15) is 0 Å². The molecule has 0 bridgehead atoms. The van der Waals surface area contributed by atoms with E-state index in [4.69, 9.17) is 15.0 Å². The highest BCUT2D eigenvalue weighted by Gasteiger charge is 2.40. The zero-order valence-electron chi connectivity index (χ0n) is 10.7. The number of imidazole rings is 1. The number of nitrogens with zero attached hydrogens (tertiary/aromatic N) is 4. The van der Waals surface area contributed by atoms with Crippen molar-refractivity contribution >= 4 is 25.2 Å². The minimum absolute atomic E-state index is 0.240. The molecule has 112 valence electrons. The van der Waals surface area contributed by atoms with Crippen molar-refractivity contribution in [3.8, 4) is 0 Å². The van der Waals surface area contributed by atoms with Gasteiger partial charge in [0.15, 0.2) is 11.5 Å². The van der Waals surface area contributed by atoms with Crippen LogP contribution in [0.25, 0.3) is 11.2 Å². The monoisotopic (exact) mass is 313 g/mol. The van der Waals surface area contributed by atoms with Crippen molar-refractivity contribution in [3.63, 3.8) is 0 Å². The molecule has 1 unspecified atom stereocenters. The summed E-state index contributed by atoms with van der Waals surface area (Å²) in [5, 5.41) is 9.25. The fourth-order valence-electron chi connectivity index (χ4n) is 2.34. The van der Waals surface area contributed by atoms with E-state index in [2.05, 4.69) is 15.0 Å². The van der Waals surface area contributed by atoms with Crippen molar-refractivity contribution in [2.75, 3.05) is 12.3 Å². The van der Waals surface area contributed by atoms with E-state index in [0.29, 0.717) is 11.2 Å². The second-order valence-corrected chi connectivity index (χ2v) is 5.16. The molecule has 3 rings (SSSR count). The van der Waals surface area contributed by atoms with Crippen molar-refractivity contribution in [2.24, 2.45) is 0 Å². The first kappa shape index (κ1) is 14.2. The third-order valence-electron chi connectivity index (χ3n) is 3.28. The van der Waals surface area contributed by atoms with Gasteiger partial charge in [0.1, 0.15) is 30.3 Å². The quantitative estimate of drug-likeness (QED) is 0.684. The molecule has 0 aliphatic carbocycles. The first-order valence-corrected chi connectivity index (χ1v) is 7.20. The van der Waals surface area contributed by atoms with E-state index in [-0.39, 0.29) is 18.8 Å². The SMILES string of the molecule is Nc1ncnc2c1ncn2[C@H]1C[C@H](O[P+](=O)[O-])[C@@H](CO)O1. The molecule has 10 nitrogen and oxygen atoms in total. The lowest BCUT2D eigenvalue weighted by atomic mass is 10.2. The predicted molar refractivity (Wildman–Crippen MR) is 67.8 cm³/mol. The Bertz CT molecular complexity index is 679. The number of aliphatic hydroxyl groups excluding tert-OH is 1. The molecule has 2 aromatic heterocycles. The first-order valence-electron chi connectivity index (χ1n) is 6.10. The Hall–Kier alpha value is -1.71. The Labute approximate surface area is 119 Å². The van der Waals surface area contributed by atoms with Gasteiger partial charge in [0.2, 0.25) is 0 Å². The molecule has 1 saturated heterocycles. The number of ether oxygens (including phenoxy) is 1. The first-order chi connectivity index (χ1) is 10.1. The van der Waals surface area contributed by atoms with E-state index in [1.807, 2.05) is 0 Å². The number of aromatic nitrogens is 4. The fourth-order valence-corrected chi connectivity index (χ4v) is 2.78. The lowest BCUT2D eigenvalue weighted by Gasteiger charge is -2.13. The lowest BCUT2D eigenvalue weighted by molar-refractivity contribution is -0.191. The molecule has 4 atom stereocenters. The summed E-state index contributed by atoms with van der Waals surface area (Å²) in [5.41, 5.74) is 6.60. The van der Waals surface area contributed by atoms with Crippen molar-refractivity contribution in [3.05, 3.63) is 12.7 Å². The number of anilines is 1. The van der Waals surface area contributed by atoms with Crippen LogP contribution in [0.1, 0.15) is 12.6 Å². The maximum Gasteiger partial charge on any atom is 0.488 e. The second-order valence-electron chi connectivity index (χ2n) is 4.50. The van der Waals surface area contributed by atoms with Crippen LogP contribution >= 0.6 is 8.25 Å². The number of nitrogens with two attached hydrogens (primary N) is 1. The van der Waals surface area contributed by atoms with Crippen molar-refractivity contribution in [1.29, 1.82) is 0 Å². The van der Waals surface area contributed by atoms with Crippen LogP contribution in [0.5, 0.6) is 0 Å². The van der Waals surface area contributed by atoms with Gasteiger partial charge in [0.25, 0.3) is 0 Å². The number of hydrogen-bond donors (Lipinski definition) is 2. The van der Waals surface area contributed by atoms with Crippen molar-refractivity contribution < 1.29 is 23.8 Å². The Kier molecular flexibility index (Phi) is 3.79. The minimum Gasteiger partial charge on any atom is -0.566 e. The number of rotatable bonds is 4. The third-order valence-corrected chi connectivity index (χ3v) is 3.72. The Morgan fingerprint density at radius 2 is 2.38 bits per heavy atom. The molecule has 3 N–H and O–H groups in total. The van der Waals surface area contributed by atoms with Crippen molar-refractivity contribution in [2.45, 2.75) is 24.9 Å². The van der Waals surface area contributed by atoms with Gasteiger partial charge < -0.3 is 20.5 Å². The standard InChI is InChI=1S/C10H12N5O5P/c11-9-8-10(13-3-12-9)15(4-14-8)7-1-5(20-21(17)18)6(2-16)19-7/h3-7,16H,1-2H2,(H2,11,12,13)/t5-,6+,7+/m0/s1. The molecule has 2 aromatic rings. The minimum atomic E-state index is -3.02. The molecule has 1 aliphatic heterocycles. The Balaban J connectivity index is 1.90. The van der Waals surface area contributed by atoms with Gasteiger partial charge in [-0.05, 0) is 4.57 Å². The lowest BCUT2D eigenvalue weighted by Crippen LogP contribution is -2.26. The normalized spacial score (nSPS) is 26.4. The van der Waals surface area contributed by atoms with E-state index in [0.717, 1.165) is 0 Å². The highest BCUT2D eigenvalue weighted by atomic mass is 31.1. The van der Waals surface area contributed by atoms with Gasteiger partial charge in [0, 0.05) is 6.42 Å². The fraction of sp³-hybridized carbons (Fsp3) is 0.500. The summed E-state index contributed by atoms with van der Waals surface area (Å²) < 4.78 is 22.6. The zero-order chi connectivity index (χ0) is 15.0. The van der Waals surface area contributed by atoms with Crippen LogP contribution in [-0.2, 0) is 13.8 Å². The third kappa shape index (κ3) is 2.59. The van der Waals surface area contributed by atoms with Crippen LogP contribution in [0.3, 0.4) is 0 Å². The molecule has 0 radical (unpaired) electrons. The van der Waals surface area contributed by atoms with Crippen LogP contribution in [0, 0.1) is 0 Å². The second kappa shape index (κ2) is 5.58. The molecule has 0 amide bonds. The van der Waals surface area contributed by atoms with Gasteiger partial charge in [-0.25, -0.2) is 15.0 Å². The largest absolute Gasteiger partial charge is 0.566 e. The molecule has 0 spiro atoms. The van der Waals surface area contributed by atoms with E-state index < -0.39 is 26.7 Å². The predicted octanol–water partition coefficient (Wildman–Crippen LogP) is -0.909. The Morgan fingerprint density at radius 1 is 1.57 bits per heavy atom. The van der Waals surface area contributed by atoms with E-state index >= 15 is 0 Å². The van der Waals surface area contributed by atoms with Gasteiger partial charge in [-0.3, -0.25) is 4.57 Å². The summed E-state index contributed by atoms with van der Waals surface area (Å²) in [4.78, 5) is 22.7. The molecule has 1 fully saturated rings. The van der Waals surface area contributed by atoms with Crippen molar-refractivity contribution in [1.82, 2.24) is 19.5 Å². The summed E-state index contributed by atoms with van der Waals surface area (Å²) in [6.45, 7) is -0.353. The summed E-state index contributed by atoms with van der Waals surface area (Å²) in [6.07, 6.45) is 0.980. The molecule has 0 aromatic carbocycles. The summed E-state index contributed by atoms with van der Waals surface area (Å²) >= 11 is 0. The van der Waals surface area contributed by atoms with Crippen LogP contribution in [0.15, 0.2) is 12.7 Å². The van der Waals surface area contributed by atoms with Gasteiger partial charge in [0.05, 0.1) is 12.9 Å². The van der Waals surface area contributed by atoms with Gasteiger partial charge >= 0.3 is 8.25 Å². The maximum absolute atomic E-state index is 10.7. The number of aliphatic hydroxyl groups is 1. The summed E-state index contributed by atoms with van der Waals surface area (Å²) in [7, 11) is -3.02. The summed E-state index contributed by atoms with van der Waals surface area (Å²) in [5.74, 6) is 0.242. The molecule has 21 heavy (non-hydrogen) atoms. The number of hydrogen-bond acceptors (Lipinski definition) is 9. The zero-order valence-corrected chi connectivity index (χ0v) is 11.6. The molecule has 11 heteroatoms. The molecule has 0 saturated carbocycles. The summed E-state index contributed by atoms with van der Waals surface area (Å²) in [6, 6.07) is 0. The number of nitrogen functional groups attached to an aromatic ring is 1. The molecular formula is C10H12N5O5P. The van der Waals surface area contributed by atoms with Gasteiger partial charge in [-0.1, -0.05) is 0 Å². The van der Waals surface area contributed by atoms with Crippen LogP contribution < -0.4 is 10.6 Å². The maximum atomic E-state index is 10.7. The van der Waals surface area contributed by atoms with E-state index in [9.17, 15) is 14.6 Å². The highest BCUT2D eigenvalue weighted by Crippen LogP contribution is 2.35. The highest BCUT2D eigenvalue weighted by molar-refractivity contribution is 7.30. The van der Waals surface area contributed by atoms with Gasteiger partial charge in [-0.15, -0.1) is 4.52 Å². The number of fused-ring (bicyclic) bond motifs is 1. The topological polar surface area (TPSA) is 148 Å². The van der Waals surface area contributed by atoms with Crippen LogP contribution in [0.2, 0.25) is 0 Å². The smallest absolute Gasteiger partial charge is 0.488 e. The molecular weight excluding hydrogens is 301 g/mol. The van der Waals surface area contributed by atoms with E-state index in [1.165, 1.54) is 12.7 Å². The molecule has 3 heterocycles. The van der Waals surface area contributed by atoms with Crippen LogP contribution in [0.4, 0.5) is 5.82 Å².